The molecule has 35 heavy (non-hydrogen) atoms. The molecule has 10 heteroatoms. The predicted molar refractivity (Wildman–Crippen MR) is 130 cm³/mol. The third-order valence-electron chi connectivity index (χ3n) is 4.59. The third-order valence-corrected chi connectivity index (χ3v) is 4.59. The van der Waals surface area contributed by atoms with Gasteiger partial charge in [-0.3, -0.25) is 0 Å². The van der Waals surface area contributed by atoms with Gasteiger partial charge in [-0.1, -0.05) is 32.9 Å². The molecule has 0 spiro atoms. The monoisotopic (exact) mass is 493 g/mol. The molecule has 0 saturated heterocycles. The third kappa shape index (κ3) is 11.0. The Hall–Kier alpha value is -3.50. The number of benzene rings is 2. The molecule has 0 saturated carbocycles. The molecule has 194 valence electrons. The smallest absolute Gasteiger partial charge is 0.414 e. The van der Waals surface area contributed by atoms with E-state index in [1.165, 1.54) is 0 Å². The summed E-state index contributed by atoms with van der Waals surface area (Å²) in [6, 6.07) is 13.3. The normalized spacial score (nSPS) is 11.5. The number of nitrogens with one attached hydrogen (secondary N) is 1. The van der Waals surface area contributed by atoms with Gasteiger partial charge in [-0.25, -0.2) is 9.59 Å². The second-order valence-corrected chi connectivity index (χ2v) is 8.39. The Balaban J connectivity index is 0.000000905. The first kappa shape index (κ1) is 29.5. The molecule has 0 fully saturated rings. The van der Waals surface area contributed by atoms with Gasteiger partial charge in [0.2, 0.25) is 0 Å². The van der Waals surface area contributed by atoms with Crippen molar-refractivity contribution in [2.45, 2.75) is 32.3 Å². The van der Waals surface area contributed by atoms with Crippen LogP contribution in [0.1, 0.15) is 26.3 Å². The van der Waals surface area contributed by atoms with Crippen LogP contribution in [0.3, 0.4) is 0 Å². The molecule has 2 aromatic rings. The Kier molecular flexibility index (Phi) is 12.4. The van der Waals surface area contributed by atoms with Crippen LogP contribution < -0.4 is 24.3 Å². The van der Waals surface area contributed by atoms with E-state index < -0.39 is 18.0 Å². The van der Waals surface area contributed by atoms with E-state index >= 15 is 0 Å². The van der Waals surface area contributed by atoms with Crippen LogP contribution in [0, 0.1) is 0 Å². The van der Waals surface area contributed by atoms with E-state index in [1.54, 1.807) is 14.2 Å². The Labute approximate surface area is 205 Å². The fraction of sp³-hybridized carbons (Fsp3) is 0.440. The van der Waals surface area contributed by atoms with Crippen LogP contribution in [0.5, 0.6) is 23.0 Å². The first-order chi connectivity index (χ1) is 16.5. The molecular formula is C25H35NO9. The van der Waals surface area contributed by atoms with Crippen molar-refractivity contribution in [1.82, 2.24) is 5.32 Å². The maximum absolute atomic E-state index is 10.2. The van der Waals surface area contributed by atoms with Crippen LogP contribution in [0.2, 0.25) is 0 Å². The maximum Gasteiger partial charge on any atom is 0.414 e. The Morgan fingerprint density at radius 1 is 0.914 bits per heavy atom. The average molecular weight is 494 g/mol. The van der Waals surface area contributed by atoms with Crippen molar-refractivity contribution in [2.24, 2.45) is 0 Å². The molecule has 0 aliphatic rings. The van der Waals surface area contributed by atoms with Crippen LogP contribution in [0.4, 0.5) is 0 Å². The first-order valence-electron chi connectivity index (χ1n) is 10.9. The fourth-order valence-corrected chi connectivity index (χ4v) is 2.83. The quantitative estimate of drug-likeness (QED) is 0.272. The highest BCUT2D eigenvalue weighted by Crippen LogP contribution is 2.34. The molecule has 2 rings (SSSR count). The van der Waals surface area contributed by atoms with Crippen LogP contribution >= 0.6 is 0 Å². The van der Waals surface area contributed by atoms with E-state index in [0.29, 0.717) is 31.2 Å². The van der Waals surface area contributed by atoms with Gasteiger partial charge in [0.15, 0.2) is 11.5 Å². The zero-order valence-electron chi connectivity index (χ0n) is 20.7. The zero-order chi connectivity index (χ0) is 26.4. The molecule has 0 radical (unpaired) electrons. The van der Waals surface area contributed by atoms with Crippen molar-refractivity contribution < 1.29 is 43.9 Å². The van der Waals surface area contributed by atoms with E-state index in [2.05, 4.69) is 26.1 Å². The van der Waals surface area contributed by atoms with Crippen LogP contribution in [0.25, 0.3) is 0 Å². The topological polar surface area (TPSA) is 144 Å². The van der Waals surface area contributed by atoms with Gasteiger partial charge in [0.1, 0.15) is 30.8 Å². The maximum atomic E-state index is 10.2. The molecule has 1 unspecified atom stereocenters. The van der Waals surface area contributed by atoms with Gasteiger partial charge in [0, 0.05) is 18.7 Å². The summed E-state index contributed by atoms with van der Waals surface area (Å²) in [5, 5.41) is 28.2. The van der Waals surface area contributed by atoms with Gasteiger partial charge < -0.3 is 39.6 Å². The summed E-state index contributed by atoms with van der Waals surface area (Å²) in [6.45, 7) is 8.05. The lowest BCUT2D eigenvalue weighted by Gasteiger charge is -2.24. The lowest BCUT2D eigenvalue weighted by molar-refractivity contribution is -0.159. The average Bonchev–Trinajstić information content (AvgIpc) is 2.82. The van der Waals surface area contributed by atoms with Crippen molar-refractivity contribution in [3.8, 4) is 23.0 Å². The van der Waals surface area contributed by atoms with E-state index in [0.717, 1.165) is 17.1 Å². The number of aliphatic hydroxyl groups excluding tert-OH is 1. The predicted octanol–water partition coefficient (Wildman–Crippen LogP) is 2.57. The van der Waals surface area contributed by atoms with Crippen molar-refractivity contribution in [3.05, 3.63) is 48.0 Å². The molecule has 1 atom stereocenters. The number of aliphatic hydroxyl groups is 1. The van der Waals surface area contributed by atoms with Gasteiger partial charge in [-0.2, -0.15) is 0 Å². The second kappa shape index (κ2) is 14.7. The van der Waals surface area contributed by atoms with Crippen molar-refractivity contribution in [2.75, 3.05) is 40.5 Å². The van der Waals surface area contributed by atoms with Gasteiger partial charge in [0.05, 0.1) is 14.2 Å². The van der Waals surface area contributed by atoms with Gasteiger partial charge in [0.25, 0.3) is 0 Å². The van der Waals surface area contributed by atoms with E-state index in [4.69, 9.17) is 38.7 Å². The highest BCUT2D eigenvalue weighted by Gasteiger charge is 2.20. The number of rotatable bonds is 11. The summed E-state index contributed by atoms with van der Waals surface area (Å²) in [5.74, 6) is -0.689. The Morgan fingerprint density at radius 3 is 2.09 bits per heavy atom. The minimum Gasteiger partial charge on any atom is -0.497 e. The molecule has 10 nitrogen and oxygen atoms in total. The number of para-hydroxylation sites is 2. The number of aliphatic carboxylic acids is 2. The highest BCUT2D eigenvalue weighted by molar-refractivity contribution is 6.27. The van der Waals surface area contributed by atoms with Gasteiger partial charge in [-0.15, -0.1) is 0 Å². The summed E-state index contributed by atoms with van der Waals surface area (Å²) in [4.78, 5) is 18.2. The molecule has 2 aromatic carbocycles. The Bertz CT molecular complexity index is 929. The SMILES string of the molecule is COc1ccc(OCC(O)CNCCOc2ccccc2OC)c(C(C)(C)C)c1.O=C(O)C(=O)O. The Morgan fingerprint density at radius 2 is 1.54 bits per heavy atom. The lowest BCUT2D eigenvalue weighted by Crippen LogP contribution is -2.34. The molecule has 0 bridgehead atoms. The van der Waals surface area contributed by atoms with E-state index in [1.807, 2.05) is 42.5 Å². The second-order valence-electron chi connectivity index (χ2n) is 8.39. The summed E-state index contributed by atoms with van der Waals surface area (Å²) in [5.41, 5.74) is 0.949. The zero-order valence-corrected chi connectivity index (χ0v) is 20.7. The van der Waals surface area contributed by atoms with Crippen molar-refractivity contribution in [1.29, 1.82) is 0 Å². The molecule has 0 aliphatic heterocycles. The minimum absolute atomic E-state index is 0.0943. The highest BCUT2D eigenvalue weighted by atomic mass is 16.5. The molecule has 0 amide bonds. The van der Waals surface area contributed by atoms with Crippen molar-refractivity contribution in [3.63, 3.8) is 0 Å². The number of hydrogen-bond donors (Lipinski definition) is 4. The summed E-state index contributed by atoms with van der Waals surface area (Å²) in [6.07, 6.45) is -0.629. The number of carbonyl (C=O) groups is 2. The molecule has 0 aliphatic carbocycles. The molecular weight excluding hydrogens is 458 g/mol. The summed E-state index contributed by atoms with van der Waals surface area (Å²) < 4.78 is 22.2. The number of carboxylic acids is 2. The number of hydrogen-bond acceptors (Lipinski definition) is 8. The standard InChI is InChI=1S/C23H33NO5.C2H2O4/c1-23(2,3)19-14-18(26-4)10-11-20(19)29-16-17(25)15-24-12-13-28-22-9-7-6-8-21(22)27-5;3-1(4)2(5)6/h6-11,14,17,24-25H,12-13,15-16H2,1-5H3;(H,3,4)(H,5,6). The van der Waals surface area contributed by atoms with E-state index in [-0.39, 0.29) is 12.0 Å². The number of carboxylic acid groups (broad SMARTS) is 2. The van der Waals surface area contributed by atoms with E-state index in [9.17, 15) is 5.11 Å². The molecule has 0 aromatic heterocycles. The minimum atomic E-state index is -1.82. The lowest BCUT2D eigenvalue weighted by atomic mass is 9.86. The van der Waals surface area contributed by atoms with Crippen LogP contribution in [0.15, 0.2) is 42.5 Å². The molecule has 4 N–H and O–H groups in total. The van der Waals surface area contributed by atoms with Gasteiger partial charge in [-0.05, 0) is 35.7 Å². The number of ether oxygens (including phenoxy) is 4. The van der Waals surface area contributed by atoms with Crippen LogP contribution in [-0.4, -0.2) is 73.9 Å². The first-order valence-corrected chi connectivity index (χ1v) is 10.9. The fourth-order valence-electron chi connectivity index (χ4n) is 2.83. The van der Waals surface area contributed by atoms with Crippen LogP contribution in [-0.2, 0) is 15.0 Å². The summed E-state index contributed by atoms with van der Waals surface area (Å²) >= 11 is 0. The summed E-state index contributed by atoms with van der Waals surface area (Å²) in [7, 11) is 3.26. The van der Waals surface area contributed by atoms with Gasteiger partial charge >= 0.3 is 11.9 Å². The molecule has 0 heterocycles. The largest absolute Gasteiger partial charge is 0.497 e. The van der Waals surface area contributed by atoms with Crippen molar-refractivity contribution >= 4 is 11.9 Å². The number of methoxy groups -OCH3 is 2.